The van der Waals surface area contributed by atoms with Crippen LogP contribution in [0.15, 0.2) is 23.2 Å². The third-order valence-electron chi connectivity index (χ3n) is 3.67. The topological polar surface area (TPSA) is 85.1 Å². The molecule has 0 aliphatic heterocycles. The minimum atomic E-state index is -3.51. The summed E-state index contributed by atoms with van der Waals surface area (Å²) in [6, 6.07) is 3.00. The van der Waals surface area contributed by atoms with Gasteiger partial charge in [-0.2, -0.15) is 0 Å². The van der Waals surface area contributed by atoms with Crippen LogP contribution in [0.2, 0.25) is 0 Å². The lowest BCUT2D eigenvalue weighted by Gasteiger charge is -2.15. The van der Waals surface area contributed by atoms with Crippen molar-refractivity contribution in [2.45, 2.75) is 37.5 Å². The number of thiocarbonyl (C=S) groups is 1. The number of rotatable bonds is 7. The van der Waals surface area contributed by atoms with Crippen LogP contribution in [0.1, 0.15) is 38.3 Å². The molecule has 110 valence electrons. The third-order valence-corrected chi connectivity index (χ3v) is 5.27. The molecule has 0 saturated heterocycles. The van der Waals surface area contributed by atoms with Gasteiger partial charge >= 0.3 is 0 Å². The Kier molecular flexibility index (Phi) is 4.41. The fourth-order valence-corrected chi connectivity index (χ4v) is 3.46. The average molecular weight is 313 g/mol. The number of aromatic nitrogens is 1. The standard InChI is InChI=1S/C13H19N3O2S2/c1-2-5-13(6-7-13)9-16-20(17,18)10-3-4-11(12(14)19)15-8-10/h3-4,8,16H,2,5-7,9H2,1H3,(H2,14,19). The fourth-order valence-electron chi connectivity index (χ4n) is 2.24. The predicted octanol–water partition coefficient (Wildman–Crippen LogP) is 1.57. The van der Waals surface area contributed by atoms with E-state index < -0.39 is 10.0 Å². The largest absolute Gasteiger partial charge is 0.388 e. The van der Waals surface area contributed by atoms with Crippen molar-refractivity contribution >= 4 is 27.2 Å². The van der Waals surface area contributed by atoms with Crippen molar-refractivity contribution in [1.82, 2.24) is 9.71 Å². The number of nitrogens with zero attached hydrogens (tertiary/aromatic N) is 1. The van der Waals surface area contributed by atoms with Crippen LogP contribution in [0.4, 0.5) is 0 Å². The number of hydrogen-bond acceptors (Lipinski definition) is 4. The Balaban J connectivity index is 2.05. The van der Waals surface area contributed by atoms with Crippen molar-refractivity contribution in [3.05, 3.63) is 24.0 Å². The smallest absolute Gasteiger partial charge is 0.242 e. The molecule has 0 amide bonds. The van der Waals surface area contributed by atoms with E-state index in [4.69, 9.17) is 18.0 Å². The molecule has 1 aliphatic carbocycles. The summed E-state index contributed by atoms with van der Waals surface area (Å²) in [5.74, 6) is 0. The summed E-state index contributed by atoms with van der Waals surface area (Å²) >= 11 is 4.79. The SMILES string of the molecule is CCCC1(CNS(=O)(=O)c2ccc(C(N)=S)nc2)CC1. The Bertz CT molecular complexity index is 593. The molecule has 1 heterocycles. The molecule has 5 nitrogen and oxygen atoms in total. The van der Waals surface area contributed by atoms with Gasteiger partial charge in [0, 0.05) is 12.7 Å². The summed E-state index contributed by atoms with van der Waals surface area (Å²) in [7, 11) is -3.51. The van der Waals surface area contributed by atoms with Crippen molar-refractivity contribution in [1.29, 1.82) is 0 Å². The van der Waals surface area contributed by atoms with Crippen molar-refractivity contribution in [2.75, 3.05) is 6.54 Å². The predicted molar refractivity (Wildman–Crippen MR) is 81.9 cm³/mol. The molecular weight excluding hydrogens is 294 g/mol. The first-order chi connectivity index (χ1) is 9.38. The van der Waals surface area contributed by atoms with Crippen LogP contribution in [0.25, 0.3) is 0 Å². The number of nitrogens with one attached hydrogen (secondary N) is 1. The summed E-state index contributed by atoms with van der Waals surface area (Å²) in [5.41, 5.74) is 6.03. The zero-order chi connectivity index (χ0) is 14.8. The molecule has 1 aromatic heterocycles. The van der Waals surface area contributed by atoms with Gasteiger partial charge in [0.2, 0.25) is 10.0 Å². The van der Waals surface area contributed by atoms with Crippen LogP contribution in [-0.2, 0) is 10.0 Å². The van der Waals surface area contributed by atoms with Crippen LogP contribution < -0.4 is 10.5 Å². The molecule has 0 bridgehead atoms. The van der Waals surface area contributed by atoms with Gasteiger partial charge in [-0.25, -0.2) is 13.1 Å². The Morgan fingerprint density at radius 2 is 2.20 bits per heavy atom. The Hall–Kier alpha value is -1.05. The molecule has 0 spiro atoms. The summed E-state index contributed by atoms with van der Waals surface area (Å²) in [5, 5.41) is 0. The molecule has 20 heavy (non-hydrogen) atoms. The molecule has 1 aliphatic rings. The number of pyridine rings is 1. The molecule has 0 aromatic carbocycles. The van der Waals surface area contributed by atoms with Gasteiger partial charge in [-0.1, -0.05) is 25.6 Å². The quantitative estimate of drug-likeness (QED) is 0.746. The van der Waals surface area contributed by atoms with Gasteiger partial charge in [0.05, 0.1) is 5.69 Å². The maximum atomic E-state index is 12.2. The van der Waals surface area contributed by atoms with Gasteiger partial charge in [0.25, 0.3) is 0 Å². The van der Waals surface area contributed by atoms with E-state index in [1.165, 1.54) is 18.3 Å². The zero-order valence-electron chi connectivity index (χ0n) is 11.4. The Morgan fingerprint density at radius 1 is 1.50 bits per heavy atom. The summed E-state index contributed by atoms with van der Waals surface area (Å²) in [4.78, 5) is 4.25. The Labute approximate surface area is 125 Å². The maximum Gasteiger partial charge on any atom is 0.242 e. The van der Waals surface area contributed by atoms with E-state index in [2.05, 4.69) is 16.6 Å². The molecule has 1 aromatic rings. The van der Waals surface area contributed by atoms with Crippen molar-refractivity contribution in [3.63, 3.8) is 0 Å². The van der Waals surface area contributed by atoms with E-state index in [0.717, 1.165) is 25.7 Å². The van der Waals surface area contributed by atoms with E-state index in [1.807, 2.05) is 0 Å². The summed E-state index contributed by atoms with van der Waals surface area (Å²) in [6.07, 6.45) is 5.63. The molecule has 7 heteroatoms. The van der Waals surface area contributed by atoms with Gasteiger partial charge in [-0.3, -0.25) is 4.98 Å². The minimum Gasteiger partial charge on any atom is -0.388 e. The highest BCUT2D eigenvalue weighted by Gasteiger charge is 2.42. The number of hydrogen-bond donors (Lipinski definition) is 2. The van der Waals surface area contributed by atoms with E-state index in [9.17, 15) is 8.42 Å². The number of sulfonamides is 1. The van der Waals surface area contributed by atoms with Gasteiger partial charge in [-0.15, -0.1) is 0 Å². The second kappa shape index (κ2) is 5.75. The van der Waals surface area contributed by atoms with Crippen LogP contribution >= 0.6 is 12.2 Å². The van der Waals surface area contributed by atoms with E-state index >= 15 is 0 Å². The highest BCUT2D eigenvalue weighted by molar-refractivity contribution is 7.89. The van der Waals surface area contributed by atoms with Crippen molar-refractivity contribution in [3.8, 4) is 0 Å². The maximum absolute atomic E-state index is 12.2. The second-order valence-corrected chi connectivity index (χ2v) is 7.52. The van der Waals surface area contributed by atoms with Gasteiger partial charge < -0.3 is 5.73 Å². The van der Waals surface area contributed by atoms with Crippen molar-refractivity contribution in [2.24, 2.45) is 11.1 Å². The normalized spacial score (nSPS) is 16.9. The molecule has 1 saturated carbocycles. The summed E-state index contributed by atoms with van der Waals surface area (Å²) < 4.78 is 27.0. The van der Waals surface area contributed by atoms with Crippen LogP contribution in [0.5, 0.6) is 0 Å². The lowest BCUT2D eigenvalue weighted by atomic mass is 10.0. The fraction of sp³-hybridized carbons (Fsp3) is 0.538. The molecule has 1 fully saturated rings. The minimum absolute atomic E-state index is 0.143. The van der Waals surface area contributed by atoms with Gasteiger partial charge in [0.1, 0.15) is 9.88 Å². The molecule has 0 unspecified atom stereocenters. The average Bonchev–Trinajstić information content (AvgIpc) is 3.18. The monoisotopic (exact) mass is 313 g/mol. The van der Waals surface area contributed by atoms with Gasteiger partial charge in [0.15, 0.2) is 0 Å². The molecule has 3 N–H and O–H groups in total. The van der Waals surface area contributed by atoms with E-state index in [1.54, 1.807) is 0 Å². The first-order valence-corrected chi connectivity index (χ1v) is 8.53. The zero-order valence-corrected chi connectivity index (χ0v) is 13.1. The Morgan fingerprint density at radius 3 is 2.65 bits per heavy atom. The molecule has 2 rings (SSSR count). The first kappa shape index (κ1) is 15.3. The lowest BCUT2D eigenvalue weighted by molar-refractivity contribution is 0.449. The highest BCUT2D eigenvalue weighted by Crippen LogP contribution is 2.49. The van der Waals surface area contributed by atoms with Crippen LogP contribution in [-0.4, -0.2) is 24.9 Å². The van der Waals surface area contributed by atoms with Crippen LogP contribution in [0, 0.1) is 5.41 Å². The molecular formula is C13H19N3O2S2. The van der Waals surface area contributed by atoms with Crippen LogP contribution in [0.3, 0.4) is 0 Å². The number of nitrogens with two attached hydrogens (primary N) is 1. The van der Waals surface area contributed by atoms with E-state index in [-0.39, 0.29) is 15.3 Å². The lowest BCUT2D eigenvalue weighted by Crippen LogP contribution is -2.30. The summed E-state index contributed by atoms with van der Waals surface area (Å²) in [6.45, 7) is 2.62. The first-order valence-electron chi connectivity index (χ1n) is 6.64. The van der Waals surface area contributed by atoms with E-state index in [0.29, 0.717) is 12.2 Å². The second-order valence-electron chi connectivity index (χ2n) is 5.32. The van der Waals surface area contributed by atoms with Crippen molar-refractivity contribution < 1.29 is 8.42 Å². The molecule has 0 atom stereocenters. The van der Waals surface area contributed by atoms with Gasteiger partial charge in [-0.05, 0) is 36.8 Å². The third kappa shape index (κ3) is 3.53. The highest BCUT2D eigenvalue weighted by atomic mass is 32.2. The molecule has 0 radical (unpaired) electrons.